The predicted octanol–water partition coefficient (Wildman–Crippen LogP) is 3.78. The van der Waals surface area contributed by atoms with Crippen LogP contribution >= 0.6 is 0 Å². The van der Waals surface area contributed by atoms with E-state index < -0.39 is 0 Å². The average Bonchev–Trinajstić information content (AvgIpc) is 2.92. The number of ether oxygens (including phenoxy) is 1. The summed E-state index contributed by atoms with van der Waals surface area (Å²) in [7, 11) is 3.23. The Balaban J connectivity index is 2.34. The molecule has 0 spiro atoms. The lowest BCUT2D eigenvalue weighted by Crippen LogP contribution is -2.18. The van der Waals surface area contributed by atoms with Gasteiger partial charge in [-0.3, -0.25) is 4.79 Å². The van der Waals surface area contributed by atoms with Crippen molar-refractivity contribution >= 4 is 16.9 Å². The minimum absolute atomic E-state index is 0.177. The van der Waals surface area contributed by atoms with Crippen LogP contribution in [0.25, 0.3) is 22.3 Å². The third-order valence-corrected chi connectivity index (χ3v) is 3.70. The van der Waals surface area contributed by atoms with Crippen molar-refractivity contribution < 1.29 is 13.9 Å². The van der Waals surface area contributed by atoms with E-state index in [9.17, 15) is 4.79 Å². The van der Waals surface area contributed by atoms with E-state index in [1.54, 1.807) is 14.2 Å². The molecule has 112 valence electrons. The summed E-state index contributed by atoms with van der Waals surface area (Å²) in [6.45, 7) is 1.95. The van der Waals surface area contributed by atoms with Crippen molar-refractivity contribution in [3.63, 3.8) is 0 Å². The van der Waals surface area contributed by atoms with Crippen molar-refractivity contribution in [2.24, 2.45) is 0 Å². The van der Waals surface area contributed by atoms with Crippen LogP contribution in [0.4, 0.5) is 0 Å². The number of furan rings is 1. The van der Waals surface area contributed by atoms with Gasteiger partial charge in [-0.15, -0.1) is 0 Å². The summed E-state index contributed by atoms with van der Waals surface area (Å²) in [4.78, 5) is 12.4. The molecule has 0 saturated heterocycles. The lowest BCUT2D eigenvalue weighted by atomic mass is 10.0. The van der Waals surface area contributed by atoms with Crippen LogP contribution in [-0.2, 0) is 0 Å². The molecule has 0 atom stereocenters. The van der Waals surface area contributed by atoms with Gasteiger partial charge in [0.15, 0.2) is 0 Å². The number of hydrogen-bond donors (Lipinski definition) is 1. The zero-order valence-corrected chi connectivity index (χ0v) is 12.8. The van der Waals surface area contributed by atoms with E-state index in [1.165, 1.54) is 0 Å². The van der Waals surface area contributed by atoms with Crippen LogP contribution in [0.5, 0.6) is 5.75 Å². The Morgan fingerprint density at radius 3 is 2.55 bits per heavy atom. The molecule has 0 saturated carbocycles. The summed E-state index contributed by atoms with van der Waals surface area (Å²) in [5.74, 6) is 1.13. The van der Waals surface area contributed by atoms with E-state index in [-0.39, 0.29) is 5.91 Å². The second kappa shape index (κ2) is 5.56. The number of fused-ring (bicyclic) bond motifs is 1. The minimum atomic E-state index is -0.177. The quantitative estimate of drug-likeness (QED) is 0.800. The average molecular weight is 295 g/mol. The number of carbonyl (C=O) groups is 1. The van der Waals surface area contributed by atoms with Crippen LogP contribution in [0.1, 0.15) is 15.9 Å². The number of amides is 1. The fraction of sp³-hybridized carbons (Fsp3) is 0.167. The van der Waals surface area contributed by atoms with Crippen molar-refractivity contribution in [2.45, 2.75) is 6.92 Å². The van der Waals surface area contributed by atoms with Crippen LogP contribution in [-0.4, -0.2) is 20.1 Å². The second-order valence-corrected chi connectivity index (χ2v) is 5.07. The number of rotatable bonds is 3. The first-order valence-corrected chi connectivity index (χ1v) is 7.04. The van der Waals surface area contributed by atoms with Crippen molar-refractivity contribution in [1.29, 1.82) is 0 Å². The van der Waals surface area contributed by atoms with E-state index in [4.69, 9.17) is 9.15 Å². The number of benzene rings is 2. The maximum absolute atomic E-state index is 12.4. The molecule has 0 aliphatic carbocycles. The summed E-state index contributed by atoms with van der Waals surface area (Å²) < 4.78 is 11.3. The largest absolute Gasteiger partial charge is 0.496 e. The molecule has 4 heteroatoms. The standard InChI is InChI=1S/C18H17NO3/c1-11-9-15-13(10-14(11)21-3)16(18(20)19-2)17(22-15)12-7-5-4-6-8-12/h4-10H,1-3H3,(H,19,20). The molecule has 22 heavy (non-hydrogen) atoms. The molecule has 4 nitrogen and oxygen atoms in total. The number of hydrogen-bond acceptors (Lipinski definition) is 3. The first-order chi connectivity index (χ1) is 10.7. The summed E-state index contributed by atoms with van der Waals surface area (Å²) in [6.07, 6.45) is 0. The summed E-state index contributed by atoms with van der Waals surface area (Å²) in [5, 5.41) is 3.43. The van der Waals surface area contributed by atoms with Crippen molar-refractivity contribution in [2.75, 3.05) is 14.2 Å². The highest BCUT2D eigenvalue weighted by atomic mass is 16.5. The van der Waals surface area contributed by atoms with Gasteiger partial charge in [-0.1, -0.05) is 30.3 Å². The Bertz CT molecular complexity index is 834. The van der Waals surface area contributed by atoms with E-state index in [0.717, 1.165) is 22.3 Å². The Morgan fingerprint density at radius 1 is 1.18 bits per heavy atom. The Kier molecular flexibility index (Phi) is 3.59. The van der Waals surface area contributed by atoms with Crippen LogP contribution in [0, 0.1) is 6.92 Å². The van der Waals surface area contributed by atoms with Gasteiger partial charge in [0.05, 0.1) is 12.7 Å². The molecule has 1 N–H and O–H groups in total. The molecular weight excluding hydrogens is 278 g/mol. The SMILES string of the molecule is CNC(=O)c1c(-c2ccccc2)oc2cc(C)c(OC)cc12. The molecule has 1 heterocycles. The highest BCUT2D eigenvalue weighted by Crippen LogP contribution is 2.36. The topological polar surface area (TPSA) is 51.5 Å². The number of methoxy groups -OCH3 is 1. The van der Waals surface area contributed by atoms with Crippen LogP contribution in [0.15, 0.2) is 46.9 Å². The lowest BCUT2D eigenvalue weighted by Gasteiger charge is -2.04. The zero-order valence-electron chi connectivity index (χ0n) is 12.8. The molecule has 0 fully saturated rings. The molecule has 0 unspecified atom stereocenters. The molecule has 0 radical (unpaired) electrons. The fourth-order valence-electron chi connectivity index (χ4n) is 2.59. The molecule has 3 aromatic rings. The first-order valence-electron chi connectivity index (χ1n) is 7.04. The van der Waals surface area contributed by atoms with Crippen LogP contribution in [0.3, 0.4) is 0 Å². The molecule has 1 aromatic heterocycles. The normalized spacial score (nSPS) is 10.7. The van der Waals surface area contributed by atoms with Gasteiger partial charge < -0.3 is 14.5 Å². The molecule has 3 rings (SSSR count). The highest BCUT2D eigenvalue weighted by Gasteiger charge is 2.22. The monoisotopic (exact) mass is 295 g/mol. The summed E-state index contributed by atoms with van der Waals surface area (Å²) >= 11 is 0. The molecule has 0 bridgehead atoms. The van der Waals surface area contributed by atoms with Gasteiger partial charge in [0, 0.05) is 18.0 Å². The molecule has 1 amide bonds. The lowest BCUT2D eigenvalue weighted by molar-refractivity contribution is 0.0964. The second-order valence-electron chi connectivity index (χ2n) is 5.07. The third-order valence-electron chi connectivity index (χ3n) is 3.70. The Hall–Kier alpha value is -2.75. The van der Waals surface area contributed by atoms with Crippen molar-refractivity contribution in [3.8, 4) is 17.1 Å². The first kappa shape index (κ1) is 14.2. The maximum atomic E-state index is 12.4. The fourth-order valence-corrected chi connectivity index (χ4v) is 2.59. The van der Waals surface area contributed by atoms with Crippen molar-refractivity contribution in [1.82, 2.24) is 5.32 Å². The summed E-state index contributed by atoms with van der Waals surface area (Å²) in [5.41, 5.74) is 3.04. The Morgan fingerprint density at radius 2 is 1.91 bits per heavy atom. The highest BCUT2D eigenvalue weighted by molar-refractivity contribution is 6.11. The van der Waals surface area contributed by atoms with Gasteiger partial charge in [-0.25, -0.2) is 0 Å². The van der Waals surface area contributed by atoms with E-state index in [1.807, 2.05) is 49.4 Å². The van der Waals surface area contributed by atoms with Gasteiger partial charge in [0.25, 0.3) is 5.91 Å². The van der Waals surface area contributed by atoms with Crippen LogP contribution in [0.2, 0.25) is 0 Å². The predicted molar refractivity (Wildman–Crippen MR) is 86.3 cm³/mol. The van der Waals surface area contributed by atoms with E-state index in [0.29, 0.717) is 16.9 Å². The third kappa shape index (κ3) is 2.22. The minimum Gasteiger partial charge on any atom is -0.496 e. The molecule has 0 aliphatic heterocycles. The van der Waals surface area contributed by atoms with Crippen molar-refractivity contribution in [3.05, 3.63) is 53.6 Å². The Labute approximate surface area is 128 Å². The molecular formula is C18H17NO3. The number of nitrogens with one attached hydrogen (secondary N) is 1. The van der Waals surface area contributed by atoms with Gasteiger partial charge >= 0.3 is 0 Å². The summed E-state index contributed by atoms with van der Waals surface area (Å²) in [6, 6.07) is 13.4. The number of aryl methyl sites for hydroxylation is 1. The van der Waals surface area contributed by atoms with E-state index in [2.05, 4.69) is 5.32 Å². The smallest absolute Gasteiger partial charge is 0.255 e. The zero-order chi connectivity index (χ0) is 15.7. The number of carbonyl (C=O) groups excluding carboxylic acids is 1. The van der Waals surface area contributed by atoms with Gasteiger partial charge in [-0.2, -0.15) is 0 Å². The van der Waals surface area contributed by atoms with Crippen LogP contribution < -0.4 is 10.1 Å². The van der Waals surface area contributed by atoms with Gasteiger partial charge in [-0.05, 0) is 24.6 Å². The van der Waals surface area contributed by atoms with Gasteiger partial charge in [0.1, 0.15) is 17.1 Å². The van der Waals surface area contributed by atoms with E-state index >= 15 is 0 Å². The molecule has 2 aromatic carbocycles. The van der Waals surface area contributed by atoms with Gasteiger partial charge in [0.2, 0.25) is 0 Å². The molecule has 0 aliphatic rings. The maximum Gasteiger partial charge on any atom is 0.255 e.